The average molecular weight is 513 g/mol. The lowest BCUT2D eigenvalue weighted by atomic mass is 9.60. The third-order valence-corrected chi connectivity index (χ3v) is 5.24. The van der Waals surface area contributed by atoms with E-state index >= 15 is 0 Å². The minimum atomic E-state index is -1.72. The molecule has 2 aliphatic rings. The molecule has 0 radical (unpaired) electrons. The zero-order valence-electron chi connectivity index (χ0n) is 21.8. The van der Waals surface area contributed by atoms with Crippen LogP contribution in [0.1, 0.15) is 39.2 Å². The average Bonchev–Trinajstić information content (AvgIpc) is 2.90. The maximum Gasteiger partial charge on any atom is 0.410 e. The molecule has 0 fully saturated rings. The third-order valence-electron chi connectivity index (χ3n) is 5.24. The summed E-state index contributed by atoms with van der Waals surface area (Å²) in [4.78, 5) is 17.8. The zero-order chi connectivity index (χ0) is 28.4. The first kappa shape index (κ1) is 33.0. The fourth-order valence-electron chi connectivity index (χ4n) is 3.95. The molecule has 1 aromatic rings. The van der Waals surface area contributed by atoms with E-state index in [1.165, 1.54) is 4.90 Å². The molecule has 200 valence electrons. The van der Waals surface area contributed by atoms with Gasteiger partial charge in [0.15, 0.2) is 0 Å². The Bertz CT molecular complexity index is 1020. The van der Waals surface area contributed by atoms with Gasteiger partial charge in [-0.25, -0.2) is 4.79 Å². The Hall–Kier alpha value is -3.95. The predicted molar refractivity (Wildman–Crippen MR) is 136 cm³/mol. The Morgan fingerprint density at radius 3 is 2.05 bits per heavy atom. The molecule has 11 nitrogen and oxygen atoms in total. The number of amides is 1. The number of aliphatic hydroxyl groups is 3. The largest absolute Gasteiger partial charge is 0.450 e. The number of fused-ring (bicyclic) bond motifs is 1. The molecule has 3 rings (SSSR count). The molecule has 5 N–H and O–H groups in total. The van der Waals surface area contributed by atoms with E-state index in [-0.39, 0.29) is 50.8 Å². The summed E-state index contributed by atoms with van der Waals surface area (Å²) < 4.78 is 5.10. The molecule has 2 heterocycles. The van der Waals surface area contributed by atoms with Crippen molar-refractivity contribution < 1.29 is 24.9 Å². The van der Waals surface area contributed by atoms with Crippen molar-refractivity contribution in [1.82, 2.24) is 9.88 Å². The van der Waals surface area contributed by atoms with E-state index in [1.54, 1.807) is 58.3 Å². The van der Waals surface area contributed by atoms with E-state index in [0.717, 1.165) is 5.56 Å². The molecule has 0 saturated heterocycles. The van der Waals surface area contributed by atoms with Crippen molar-refractivity contribution in [3.05, 3.63) is 53.0 Å². The number of carbonyl (C=O) groups excluding carboxylic acids is 1. The molecule has 2 unspecified atom stereocenters. The highest BCUT2D eigenvalue weighted by atomic mass is 16.6. The van der Waals surface area contributed by atoms with Crippen LogP contribution in [0.3, 0.4) is 0 Å². The van der Waals surface area contributed by atoms with Crippen LogP contribution in [-0.2, 0) is 4.74 Å². The Morgan fingerprint density at radius 1 is 1.11 bits per heavy atom. The second-order valence-corrected chi connectivity index (χ2v) is 7.49. The standard InChI is InChI=1S/C20H18N6O2.3C2H6O/c1-2-28-19(27)26-8-5-16-15(10-26)17(13-3-6-25-7-4-13)14(9-21)18(24)20(16,11-22)12-23;3*1-2-3/h3-7,15,17H,2,8,10,24H2,1H3;3*3H,2H2,1H3. The highest BCUT2D eigenvalue weighted by Gasteiger charge is 2.53. The van der Waals surface area contributed by atoms with Crippen molar-refractivity contribution in [1.29, 1.82) is 15.8 Å². The van der Waals surface area contributed by atoms with Gasteiger partial charge in [0.05, 0.1) is 36.1 Å². The highest BCUT2D eigenvalue weighted by molar-refractivity contribution is 5.69. The van der Waals surface area contributed by atoms with Crippen LogP contribution in [0.25, 0.3) is 0 Å². The zero-order valence-corrected chi connectivity index (χ0v) is 21.8. The van der Waals surface area contributed by atoms with Gasteiger partial charge in [-0.05, 0) is 51.0 Å². The number of pyridine rings is 1. The van der Waals surface area contributed by atoms with Crippen molar-refractivity contribution in [3.63, 3.8) is 0 Å². The molecule has 0 spiro atoms. The van der Waals surface area contributed by atoms with Gasteiger partial charge >= 0.3 is 6.09 Å². The van der Waals surface area contributed by atoms with E-state index < -0.39 is 23.3 Å². The van der Waals surface area contributed by atoms with Crippen molar-refractivity contribution in [2.24, 2.45) is 17.1 Å². The van der Waals surface area contributed by atoms with Gasteiger partial charge in [0.1, 0.15) is 0 Å². The fourth-order valence-corrected chi connectivity index (χ4v) is 3.95. The van der Waals surface area contributed by atoms with Crippen LogP contribution >= 0.6 is 0 Å². The molecular formula is C26H36N6O5. The third kappa shape index (κ3) is 8.03. The maximum atomic E-state index is 12.3. The van der Waals surface area contributed by atoms with Gasteiger partial charge in [-0.3, -0.25) is 4.98 Å². The Balaban J connectivity index is 0.00000126. The summed E-state index contributed by atoms with van der Waals surface area (Å²) >= 11 is 0. The monoisotopic (exact) mass is 512 g/mol. The second-order valence-electron chi connectivity index (χ2n) is 7.49. The first-order valence-corrected chi connectivity index (χ1v) is 11.9. The number of hydrogen-bond acceptors (Lipinski definition) is 10. The van der Waals surface area contributed by atoms with E-state index in [9.17, 15) is 20.6 Å². The van der Waals surface area contributed by atoms with Crippen molar-refractivity contribution in [3.8, 4) is 18.2 Å². The number of hydrogen-bond donors (Lipinski definition) is 4. The molecule has 11 heteroatoms. The summed E-state index contributed by atoms with van der Waals surface area (Å²) in [5.41, 5.74) is 5.92. The summed E-state index contributed by atoms with van der Waals surface area (Å²) in [6.07, 6.45) is 4.41. The van der Waals surface area contributed by atoms with Crippen LogP contribution in [0.5, 0.6) is 0 Å². The van der Waals surface area contributed by atoms with Gasteiger partial charge in [0, 0.05) is 57.1 Å². The summed E-state index contributed by atoms with van der Waals surface area (Å²) in [5, 5.41) is 52.2. The first-order valence-electron chi connectivity index (χ1n) is 11.9. The quantitative estimate of drug-likeness (QED) is 0.424. The molecule has 1 aliphatic heterocycles. The topological polar surface area (TPSA) is 201 Å². The van der Waals surface area contributed by atoms with Gasteiger partial charge in [0.2, 0.25) is 5.41 Å². The van der Waals surface area contributed by atoms with Gasteiger partial charge in [-0.1, -0.05) is 6.08 Å². The Labute approximate surface area is 218 Å². The lowest BCUT2D eigenvalue weighted by molar-refractivity contribution is 0.102. The number of nitriles is 3. The van der Waals surface area contributed by atoms with Gasteiger partial charge in [-0.2, -0.15) is 15.8 Å². The van der Waals surface area contributed by atoms with Crippen molar-refractivity contribution >= 4 is 6.09 Å². The second kappa shape index (κ2) is 17.5. The minimum Gasteiger partial charge on any atom is -0.450 e. The lowest BCUT2D eigenvalue weighted by Crippen LogP contribution is -2.48. The van der Waals surface area contributed by atoms with E-state index in [4.69, 9.17) is 25.8 Å². The first-order chi connectivity index (χ1) is 17.8. The number of aliphatic hydroxyl groups excluding tert-OH is 3. The maximum absolute atomic E-state index is 12.3. The summed E-state index contributed by atoms with van der Waals surface area (Å²) in [7, 11) is 0. The summed E-state index contributed by atoms with van der Waals surface area (Å²) in [5.74, 6) is -0.951. The van der Waals surface area contributed by atoms with Crippen LogP contribution < -0.4 is 5.73 Å². The number of aromatic nitrogens is 1. The molecule has 37 heavy (non-hydrogen) atoms. The number of ether oxygens (including phenoxy) is 1. The number of nitrogens with two attached hydrogens (primary N) is 1. The number of carbonyl (C=O) groups is 1. The summed E-state index contributed by atoms with van der Waals surface area (Å²) in [6, 6.07) is 9.65. The number of rotatable bonds is 2. The van der Waals surface area contributed by atoms with Crippen molar-refractivity contribution in [2.45, 2.75) is 33.6 Å². The number of allylic oxidation sites excluding steroid dienone is 2. The normalized spacial score (nSPS) is 18.7. The predicted octanol–water partition coefficient (Wildman–Crippen LogP) is 1.96. The van der Waals surface area contributed by atoms with E-state index in [2.05, 4.69) is 11.1 Å². The summed E-state index contributed by atoms with van der Waals surface area (Å²) in [6.45, 7) is 8.16. The van der Waals surface area contributed by atoms with Crippen LogP contribution in [-0.4, -0.2) is 70.8 Å². The molecule has 1 amide bonds. The molecule has 1 aromatic heterocycles. The SMILES string of the molecule is CCO.CCO.CCO.CCOC(=O)N1CC=C2C(C1)C(c1ccncc1)C(C#N)=C(N)C2(C#N)C#N. The smallest absolute Gasteiger partial charge is 0.410 e. The highest BCUT2D eigenvalue weighted by Crippen LogP contribution is 2.52. The van der Waals surface area contributed by atoms with Crippen LogP contribution in [0.2, 0.25) is 0 Å². The Morgan fingerprint density at radius 2 is 1.62 bits per heavy atom. The van der Waals surface area contributed by atoms with Gasteiger partial charge in [-0.15, -0.1) is 0 Å². The van der Waals surface area contributed by atoms with Crippen LogP contribution in [0, 0.1) is 45.3 Å². The van der Waals surface area contributed by atoms with Gasteiger partial charge in [0.25, 0.3) is 0 Å². The molecule has 1 aliphatic carbocycles. The minimum absolute atomic E-state index is 0.0473. The van der Waals surface area contributed by atoms with E-state index in [1.807, 2.05) is 12.1 Å². The molecule has 0 saturated carbocycles. The van der Waals surface area contributed by atoms with Crippen LogP contribution in [0.4, 0.5) is 4.79 Å². The fraction of sp³-hybridized carbons (Fsp3) is 0.500. The molecule has 2 atom stereocenters. The van der Waals surface area contributed by atoms with E-state index in [0.29, 0.717) is 5.57 Å². The lowest BCUT2D eigenvalue weighted by Gasteiger charge is -2.44. The molecule has 0 aromatic carbocycles. The Kier molecular flexibility index (Phi) is 15.6. The number of nitrogens with zero attached hydrogens (tertiary/aromatic N) is 5. The molecular weight excluding hydrogens is 476 g/mol. The van der Waals surface area contributed by atoms with Crippen molar-refractivity contribution in [2.75, 3.05) is 39.5 Å². The molecule has 0 bridgehead atoms. The van der Waals surface area contributed by atoms with Gasteiger partial charge < -0.3 is 30.7 Å². The van der Waals surface area contributed by atoms with Crippen LogP contribution in [0.15, 0.2) is 47.4 Å².